The van der Waals surface area contributed by atoms with Crippen molar-refractivity contribution in [2.75, 3.05) is 19.6 Å². The van der Waals surface area contributed by atoms with Crippen LogP contribution in [0.1, 0.15) is 53.1 Å². The molecule has 5 rings (SSSR count). The summed E-state index contributed by atoms with van der Waals surface area (Å²) in [6.45, 7) is 6.45. The second kappa shape index (κ2) is 8.61. The molecule has 32 heavy (non-hydrogen) atoms. The second-order valence-corrected chi connectivity index (χ2v) is 9.65. The van der Waals surface area contributed by atoms with Crippen LogP contribution in [0.2, 0.25) is 0 Å². The van der Waals surface area contributed by atoms with Crippen molar-refractivity contribution in [3.8, 4) is 0 Å². The number of hydrogen-bond acceptors (Lipinski definition) is 2. The summed E-state index contributed by atoms with van der Waals surface area (Å²) >= 11 is 0. The lowest BCUT2D eigenvalue weighted by Crippen LogP contribution is -2.61. The molecule has 1 N–H and O–H groups in total. The molecule has 2 saturated heterocycles. The molecule has 0 unspecified atom stereocenters. The number of amides is 3. The van der Waals surface area contributed by atoms with Gasteiger partial charge in [0, 0.05) is 25.7 Å². The molecule has 3 atom stereocenters. The Bertz CT molecular complexity index is 1020. The number of aryl methyl sites for hydroxylation is 2. The van der Waals surface area contributed by atoms with Gasteiger partial charge in [-0.05, 0) is 73.8 Å². The third-order valence-corrected chi connectivity index (χ3v) is 7.75. The van der Waals surface area contributed by atoms with Gasteiger partial charge in [0.15, 0.2) is 0 Å². The largest absolute Gasteiger partial charge is 0.338 e. The van der Waals surface area contributed by atoms with Gasteiger partial charge in [-0.1, -0.05) is 42.5 Å². The van der Waals surface area contributed by atoms with Crippen LogP contribution in [0.4, 0.5) is 4.79 Å². The highest BCUT2D eigenvalue weighted by molar-refractivity contribution is 5.83. The predicted molar refractivity (Wildman–Crippen MR) is 125 cm³/mol. The SMILES string of the molecule is Cc1cc2c(cc1C)[C@@H]1C[C@H]3[C@H](CCCN3C(=O)NCCc3ccccc3)C(=O)N1CC2. The zero-order valence-electron chi connectivity index (χ0n) is 19.1. The van der Waals surface area contributed by atoms with Crippen molar-refractivity contribution in [1.82, 2.24) is 15.1 Å². The zero-order valence-corrected chi connectivity index (χ0v) is 19.1. The first-order chi connectivity index (χ1) is 15.5. The van der Waals surface area contributed by atoms with E-state index < -0.39 is 0 Å². The van der Waals surface area contributed by atoms with E-state index >= 15 is 0 Å². The quantitative estimate of drug-likeness (QED) is 0.793. The average Bonchev–Trinajstić information content (AvgIpc) is 2.80. The summed E-state index contributed by atoms with van der Waals surface area (Å²) in [5.41, 5.74) is 6.47. The van der Waals surface area contributed by atoms with Gasteiger partial charge in [-0.25, -0.2) is 4.79 Å². The fourth-order valence-corrected chi connectivity index (χ4v) is 5.90. The normalized spacial score (nSPS) is 24.4. The van der Waals surface area contributed by atoms with Gasteiger partial charge in [0.2, 0.25) is 5.91 Å². The Morgan fingerprint density at radius 2 is 1.88 bits per heavy atom. The van der Waals surface area contributed by atoms with Crippen molar-refractivity contribution in [3.63, 3.8) is 0 Å². The molecular weight excluding hydrogens is 398 g/mol. The molecule has 0 saturated carbocycles. The third kappa shape index (κ3) is 3.78. The highest BCUT2D eigenvalue weighted by atomic mass is 16.2. The van der Waals surface area contributed by atoms with Gasteiger partial charge in [-0.3, -0.25) is 4.79 Å². The molecule has 2 aromatic rings. The molecule has 0 spiro atoms. The van der Waals surface area contributed by atoms with E-state index in [0.29, 0.717) is 6.54 Å². The minimum atomic E-state index is -0.0621. The van der Waals surface area contributed by atoms with Crippen LogP contribution in [0.5, 0.6) is 0 Å². The number of rotatable bonds is 3. The minimum absolute atomic E-state index is 0.0122. The molecule has 0 bridgehead atoms. The Kier molecular flexibility index (Phi) is 5.66. The van der Waals surface area contributed by atoms with Crippen LogP contribution in [0.15, 0.2) is 42.5 Å². The Balaban J connectivity index is 1.33. The first-order valence-corrected chi connectivity index (χ1v) is 12.0. The fraction of sp³-hybridized carbons (Fsp3) is 0.481. The fourth-order valence-electron chi connectivity index (χ4n) is 5.90. The van der Waals surface area contributed by atoms with Crippen molar-refractivity contribution in [1.29, 1.82) is 0 Å². The molecule has 5 heteroatoms. The van der Waals surface area contributed by atoms with Gasteiger partial charge in [0.25, 0.3) is 0 Å². The molecule has 3 aliphatic rings. The molecule has 0 radical (unpaired) electrons. The number of piperidine rings is 2. The number of likely N-dealkylation sites (tertiary alicyclic amines) is 1. The van der Waals surface area contributed by atoms with Gasteiger partial charge < -0.3 is 15.1 Å². The maximum absolute atomic E-state index is 13.5. The lowest BCUT2D eigenvalue weighted by molar-refractivity contribution is -0.148. The molecule has 3 amide bonds. The zero-order chi connectivity index (χ0) is 22.2. The first-order valence-electron chi connectivity index (χ1n) is 12.0. The molecule has 5 nitrogen and oxygen atoms in total. The summed E-state index contributed by atoms with van der Waals surface area (Å²) in [6.07, 6.45) is 4.38. The van der Waals surface area contributed by atoms with Gasteiger partial charge in [0.1, 0.15) is 0 Å². The van der Waals surface area contributed by atoms with Crippen LogP contribution in [0, 0.1) is 19.8 Å². The van der Waals surface area contributed by atoms with Crippen LogP contribution in [0.3, 0.4) is 0 Å². The van der Waals surface area contributed by atoms with E-state index in [0.717, 1.165) is 45.2 Å². The number of urea groups is 1. The number of carbonyl (C=O) groups is 2. The van der Waals surface area contributed by atoms with Crippen molar-refractivity contribution < 1.29 is 9.59 Å². The summed E-state index contributed by atoms with van der Waals surface area (Å²) in [5.74, 6) is 0.185. The molecule has 0 aliphatic carbocycles. The van der Waals surface area contributed by atoms with Gasteiger partial charge in [-0.2, -0.15) is 0 Å². The lowest BCUT2D eigenvalue weighted by atomic mass is 9.75. The number of hydrogen-bond donors (Lipinski definition) is 1. The Labute approximate surface area is 190 Å². The van der Waals surface area contributed by atoms with Gasteiger partial charge >= 0.3 is 6.03 Å². The third-order valence-electron chi connectivity index (χ3n) is 7.75. The number of carbonyl (C=O) groups excluding carboxylic acids is 2. The first kappa shape index (κ1) is 21.0. The number of benzene rings is 2. The summed E-state index contributed by atoms with van der Waals surface area (Å²) in [7, 11) is 0. The van der Waals surface area contributed by atoms with Crippen LogP contribution >= 0.6 is 0 Å². The van der Waals surface area contributed by atoms with Gasteiger partial charge in [0.05, 0.1) is 12.0 Å². The minimum Gasteiger partial charge on any atom is -0.338 e. The predicted octanol–water partition coefficient (Wildman–Crippen LogP) is 4.17. The number of nitrogens with zero attached hydrogens (tertiary/aromatic N) is 2. The van der Waals surface area contributed by atoms with E-state index in [4.69, 9.17) is 0 Å². The van der Waals surface area contributed by atoms with E-state index in [2.05, 4.69) is 48.3 Å². The maximum atomic E-state index is 13.5. The maximum Gasteiger partial charge on any atom is 0.317 e. The van der Waals surface area contributed by atoms with Crippen molar-refractivity contribution in [2.45, 2.75) is 58.0 Å². The van der Waals surface area contributed by atoms with Gasteiger partial charge in [-0.15, -0.1) is 0 Å². The topological polar surface area (TPSA) is 52.7 Å². The smallest absolute Gasteiger partial charge is 0.317 e. The summed E-state index contributed by atoms with van der Waals surface area (Å²) in [5, 5.41) is 3.12. The number of fused-ring (bicyclic) bond motifs is 4. The molecule has 2 fully saturated rings. The number of nitrogens with one attached hydrogen (secondary N) is 1. The second-order valence-electron chi connectivity index (χ2n) is 9.65. The summed E-state index contributed by atoms with van der Waals surface area (Å²) in [4.78, 5) is 30.7. The van der Waals surface area contributed by atoms with Crippen LogP contribution in [0.25, 0.3) is 0 Å². The van der Waals surface area contributed by atoms with Crippen LogP contribution < -0.4 is 5.32 Å². The van der Waals surface area contributed by atoms with E-state index in [-0.39, 0.29) is 29.9 Å². The van der Waals surface area contributed by atoms with Crippen molar-refractivity contribution >= 4 is 11.9 Å². The Morgan fingerprint density at radius 3 is 2.69 bits per heavy atom. The molecule has 168 valence electrons. The highest BCUT2D eigenvalue weighted by Gasteiger charge is 2.48. The van der Waals surface area contributed by atoms with E-state index in [1.165, 1.54) is 27.8 Å². The van der Waals surface area contributed by atoms with Crippen molar-refractivity contribution in [2.24, 2.45) is 5.92 Å². The Hall–Kier alpha value is -2.82. The van der Waals surface area contributed by atoms with Crippen LogP contribution in [-0.2, 0) is 17.6 Å². The molecule has 0 aromatic heterocycles. The van der Waals surface area contributed by atoms with E-state index in [1.807, 2.05) is 23.1 Å². The molecule has 3 heterocycles. The summed E-state index contributed by atoms with van der Waals surface area (Å²) in [6, 6.07) is 14.9. The van der Waals surface area contributed by atoms with Crippen molar-refractivity contribution in [3.05, 3.63) is 70.3 Å². The highest BCUT2D eigenvalue weighted by Crippen LogP contribution is 2.44. The standard InChI is InChI=1S/C27H33N3O2/c1-18-15-21-11-14-29-25(23(21)16-19(18)2)17-24-22(26(29)31)9-6-13-30(24)27(32)28-12-10-20-7-4-3-5-8-20/h3-5,7-8,15-16,22,24-25H,6,9-14,17H2,1-2H3,(H,28,32)/t22-,24-,25-/m0/s1. The van der Waals surface area contributed by atoms with E-state index in [9.17, 15) is 9.59 Å². The molecule has 2 aromatic carbocycles. The average molecular weight is 432 g/mol. The molecular formula is C27H33N3O2. The monoisotopic (exact) mass is 431 g/mol. The van der Waals surface area contributed by atoms with E-state index in [1.54, 1.807) is 0 Å². The molecule has 3 aliphatic heterocycles. The lowest BCUT2D eigenvalue weighted by Gasteiger charge is -2.51. The Morgan fingerprint density at radius 1 is 1.09 bits per heavy atom. The summed E-state index contributed by atoms with van der Waals surface area (Å²) < 4.78 is 0. The van der Waals surface area contributed by atoms with Crippen LogP contribution in [-0.4, -0.2) is 47.4 Å².